The summed E-state index contributed by atoms with van der Waals surface area (Å²) in [7, 11) is 0. The van der Waals surface area contributed by atoms with Crippen LogP contribution in [0.15, 0.2) is 42.7 Å². The lowest BCUT2D eigenvalue weighted by molar-refractivity contribution is -0.146. The number of carbonyl (C=O) groups is 1. The summed E-state index contributed by atoms with van der Waals surface area (Å²) in [4.78, 5) is 14.5. The second-order valence-corrected chi connectivity index (χ2v) is 7.53. The molecule has 0 aliphatic carbocycles. The Bertz CT molecular complexity index is 1260. The molecule has 1 aliphatic heterocycles. The number of rotatable bonds is 4. The van der Waals surface area contributed by atoms with Crippen LogP contribution in [0.4, 0.5) is 24.7 Å². The summed E-state index contributed by atoms with van der Waals surface area (Å²) in [6.07, 6.45) is -2.09. The van der Waals surface area contributed by atoms with Gasteiger partial charge in [0.05, 0.1) is 5.69 Å². The first kappa shape index (κ1) is 20.8. The van der Waals surface area contributed by atoms with Gasteiger partial charge in [0.2, 0.25) is 5.91 Å². The van der Waals surface area contributed by atoms with Gasteiger partial charge in [-0.25, -0.2) is 4.68 Å². The second-order valence-electron chi connectivity index (χ2n) is 7.53. The predicted molar refractivity (Wildman–Crippen MR) is 109 cm³/mol. The number of anilines is 2. The average Bonchev–Trinajstić information content (AvgIpc) is 3.49. The highest BCUT2D eigenvalue weighted by molar-refractivity contribution is 5.92. The van der Waals surface area contributed by atoms with Crippen LogP contribution in [0.2, 0.25) is 0 Å². The first-order valence-corrected chi connectivity index (χ1v) is 10.1. The van der Waals surface area contributed by atoms with Crippen molar-refractivity contribution >= 4 is 23.1 Å². The number of carbonyl (C=O) groups excluding carboxylic acids is 1. The van der Waals surface area contributed by atoms with Gasteiger partial charge in [0.15, 0.2) is 5.65 Å². The minimum atomic E-state index is -4.65. The zero-order chi connectivity index (χ0) is 23.0. The highest BCUT2D eigenvalue weighted by Gasteiger charge is 2.38. The van der Waals surface area contributed by atoms with Gasteiger partial charge in [-0.2, -0.15) is 17.7 Å². The number of tetrazole rings is 1. The van der Waals surface area contributed by atoms with Gasteiger partial charge in [-0.15, -0.1) is 20.4 Å². The molecule has 3 aromatic heterocycles. The second kappa shape index (κ2) is 8.11. The van der Waals surface area contributed by atoms with E-state index in [1.165, 1.54) is 17.1 Å². The van der Waals surface area contributed by atoms with Crippen molar-refractivity contribution in [2.24, 2.45) is 5.92 Å². The van der Waals surface area contributed by atoms with Crippen LogP contribution in [0.5, 0.6) is 0 Å². The molecule has 0 bridgehead atoms. The monoisotopic (exact) mass is 458 g/mol. The Balaban J connectivity index is 1.21. The van der Waals surface area contributed by atoms with Crippen LogP contribution in [-0.4, -0.2) is 59.0 Å². The van der Waals surface area contributed by atoms with Crippen molar-refractivity contribution in [3.05, 3.63) is 48.5 Å². The number of alkyl halides is 3. The van der Waals surface area contributed by atoms with Crippen molar-refractivity contribution in [1.82, 2.24) is 40.0 Å². The number of nitrogens with one attached hydrogen (secondary N) is 1. The van der Waals surface area contributed by atoms with Gasteiger partial charge in [0, 0.05) is 24.7 Å². The van der Waals surface area contributed by atoms with Crippen LogP contribution in [-0.2, 0) is 11.0 Å². The molecule has 0 radical (unpaired) electrons. The fraction of sp³-hybridized carbons (Fsp3) is 0.316. The predicted octanol–water partition coefficient (Wildman–Crippen LogP) is 1.97. The molecule has 1 aliphatic rings. The lowest BCUT2D eigenvalue weighted by Gasteiger charge is -2.32. The Hall–Kier alpha value is -4.10. The first-order valence-electron chi connectivity index (χ1n) is 10.1. The van der Waals surface area contributed by atoms with E-state index in [-0.39, 0.29) is 17.5 Å². The van der Waals surface area contributed by atoms with Crippen molar-refractivity contribution in [2.75, 3.05) is 23.3 Å². The zero-order valence-electron chi connectivity index (χ0n) is 17.0. The first-order chi connectivity index (χ1) is 15.9. The summed E-state index contributed by atoms with van der Waals surface area (Å²) in [5.74, 6) is -1.11. The van der Waals surface area contributed by atoms with Gasteiger partial charge in [0.1, 0.15) is 12.1 Å². The normalized spacial score (nSPS) is 15.2. The molecule has 1 N–H and O–H groups in total. The standard InChI is InChI=1S/C19H17F3N10O/c20-19(21,22)18-26-25-15-5-6-16(27-32(15)18)30-9-7-12(8-10-30)17(33)24-13-1-3-14(4-2-13)31-11-23-28-29-31/h1-6,11-12H,7-10H2,(H,24,33). The van der Waals surface area contributed by atoms with Gasteiger partial charge in [-0.1, -0.05) is 0 Å². The van der Waals surface area contributed by atoms with E-state index in [1.54, 1.807) is 30.3 Å². The Morgan fingerprint density at radius 3 is 2.45 bits per heavy atom. The van der Waals surface area contributed by atoms with Crippen molar-refractivity contribution in [3.8, 4) is 5.69 Å². The summed E-state index contributed by atoms with van der Waals surface area (Å²) >= 11 is 0. The molecule has 0 saturated carbocycles. The van der Waals surface area contributed by atoms with Gasteiger partial charge < -0.3 is 10.2 Å². The summed E-state index contributed by atoms with van der Waals surface area (Å²) in [6, 6.07) is 10.2. The molecule has 0 atom stereocenters. The van der Waals surface area contributed by atoms with E-state index in [1.807, 2.05) is 4.90 Å². The van der Waals surface area contributed by atoms with Crippen LogP contribution >= 0.6 is 0 Å². The Morgan fingerprint density at radius 2 is 1.79 bits per heavy atom. The van der Waals surface area contributed by atoms with Gasteiger partial charge in [0.25, 0.3) is 5.82 Å². The lowest BCUT2D eigenvalue weighted by atomic mass is 9.96. The minimum Gasteiger partial charge on any atom is -0.355 e. The number of fused-ring (bicyclic) bond motifs is 1. The molecule has 1 amide bonds. The molecule has 33 heavy (non-hydrogen) atoms. The molecule has 4 aromatic rings. The summed E-state index contributed by atoms with van der Waals surface area (Å²) in [5, 5.41) is 24.7. The molecular weight excluding hydrogens is 441 g/mol. The highest BCUT2D eigenvalue weighted by Crippen LogP contribution is 2.29. The molecule has 1 saturated heterocycles. The van der Waals surface area contributed by atoms with E-state index in [9.17, 15) is 18.0 Å². The number of nitrogens with zero attached hydrogens (tertiary/aromatic N) is 9. The zero-order valence-corrected chi connectivity index (χ0v) is 17.0. The van der Waals surface area contributed by atoms with Crippen molar-refractivity contribution < 1.29 is 18.0 Å². The average molecular weight is 458 g/mol. The summed E-state index contributed by atoms with van der Waals surface area (Å²) in [5.41, 5.74) is 1.43. The Kier molecular flexibility index (Phi) is 5.11. The van der Waals surface area contributed by atoms with Crippen molar-refractivity contribution in [1.29, 1.82) is 0 Å². The molecule has 14 heteroatoms. The topological polar surface area (TPSA) is 119 Å². The molecule has 5 rings (SSSR count). The van der Waals surface area contributed by atoms with Gasteiger partial charge in [-0.3, -0.25) is 4.79 Å². The number of benzene rings is 1. The molecule has 4 heterocycles. The third-order valence-corrected chi connectivity index (χ3v) is 5.44. The number of amides is 1. The van der Waals surface area contributed by atoms with Crippen LogP contribution in [0.25, 0.3) is 11.3 Å². The number of aromatic nitrogens is 8. The van der Waals surface area contributed by atoms with Gasteiger partial charge >= 0.3 is 6.18 Å². The quantitative estimate of drug-likeness (QED) is 0.493. The van der Waals surface area contributed by atoms with Crippen LogP contribution in [0.1, 0.15) is 18.7 Å². The smallest absolute Gasteiger partial charge is 0.355 e. The summed E-state index contributed by atoms with van der Waals surface area (Å²) < 4.78 is 41.5. The van der Waals surface area contributed by atoms with E-state index >= 15 is 0 Å². The van der Waals surface area contributed by atoms with E-state index < -0.39 is 12.0 Å². The number of halogens is 3. The maximum absolute atomic E-state index is 13.1. The third kappa shape index (κ3) is 4.18. The number of hydrogen-bond acceptors (Lipinski definition) is 8. The SMILES string of the molecule is O=C(Nc1ccc(-n2cnnn2)cc1)C1CCN(c2ccc3nnc(C(F)(F)F)n3n2)CC1. The Morgan fingerprint density at radius 1 is 1.03 bits per heavy atom. The molecule has 170 valence electrons. The van der Waals surface area contributed by atoms with Crippen LogP contribution in [0, 0.1) is 5.92 Å². The number of hydrogen-bond donors (Lipinski definition) is 1. The van der Waals surface area contributed by atoms with E-state index in [4.69, 9.17) is 0 Å². The molecular formula is C19H17F3N10O. The molecule has 1 fully saturated rings. The molecule has 0 spiro atoms. The maximum atomic E-state index is 13.1. The molecule has 1 aromatic carbocycles. The highest BCUT2D eigenvalue weighted by atomic mass is 19.4. The van der Waals surface area contributed by atoms with Crippen LogP contribution in [0.3, 0.4) is 0 Å². The number of piperidine rings is 1. The fourth-order valence-electron chi connectivity index (χ4n) is 3.72. The van der Waals surface area contributed by atoms with Crippen molar-refractivity contribution in [2.45, 2.75) is 19.0 Å². The van der Waals surface area contributed by atoms with E-state index in [2.05, 4.69) is 36.1 Å². The van der Waals surface area contributed by atoms with E-state index in [0.29, 0.717) is 42.0 Å². The maximum Gasteiger partial charge on any atom is 0.453 e. The van der Waals surface area contributed by atoms with Crippen LogP contribution < -0.4 is 10.2 Å². The van der Waals surface area contributed by atoms with Gasteiger partial charge in [-0.05, 0) is 59.7 Å². The van der Waals surface area contributed by atoms with E-state index in [0.717, 1.165) is 5.69 Å². The lowest BCUT2D eigenvalue weighted by Crippen LogP contribution is -2.38. The minimum absolute atomic E-state index is 0.0199. The molecule has 0 unspecified atom stereocenters. The summed E-state index contributed by atoms with van der Waals surface area (Å²) in [6.45, 7) is 0.969. The molecule has 11 nitrogen and oxygen atoms in total. The van der Waals surface area contributed by atoms with Crippen molar-refractivity contribution in [3.63, 3.8) is 0 Å². The Labute approximate surface area is 184 Å². The third-order valence-electron chi connectivity index (χ3n) is 5.44. The largest absolute Gasteiger partial charge is 0.453 e. The fourth-order valence-corrected chi connectivity index (χ4v) is 3.72.